The lowest BCUT2D eigenvalue weighted by Gasteiger charge is -2.08. The van der Waals surface area contributed by atoms with Crippen molar-refractivity contribution in [2.75, 3.05) is 0 Å². The van der Waals surface area contributed by atoms with Crippen molar-refractivity contribution in [1.82, 2.24) is 5.43 Å². The highest BCUT2D eigenvalue weighted by molar-refractivity contribution is 7.80. The quantitative estimate of drug-likeness (QED) is 0.241. The third kappa shape index (κ3) is 10.1. The van der Waals surface area contributed by atoms with Crippen LogP contribution < -0.4 is 11.2 Å². The van der Waals surface area contributed by atoms with Crippen LogP contribution >= 0.6 is 12.2 Å². The molecule has 0 unspecified atom stereocenters. The molecule has 0 spiro atoms. The predicted octanol–water partition coefficient (Wildman–Crippen LogP) is 5.14. The maximum absolute atomic E-state index is 5.48. The van der Waals surface area contributed by atoms with Gasteiger partial charge in [0.2, 0.25) is 0 Å². The summed E-state index contributed by atoms with van der Waals surface area (Å²) in [5, 5.41) is 4.58. The molecule has 0 saturated heterocycles. The molecule has 128 valence electrons. The summed E-state index contributed by atoms with van der Waals surface area (Å²) < 4.78 is 0. The molecule has 0 aliphatic rings. The first-order chi connectivity index (χ1) is 11.2. The molecule has 0 saturated carbocycles. The summed E-state index contributed by atoms with van der Waals surface area (Å²) in [4.78, 5) is 0. The van der Waals surface area contributed by atoms with Crippen LogP contribution in [0, 0.1) is 0 Å². The highest BCUT2D eigenvalue weighted by Crippen LogP contribution is 2.13. The van der Waals surface area contributed by atoms with Gasteiger partial charge in [-0.25, -0.2) is 0 Å². The van der Waals surface area contributed by atoms with Crippen molar-refractivity contribution >= 4 is 23.0 Å². The molecule has 0 bridgehead atoms. The molecule has 1 aromatic carbocycles. The van der Waals surface area contributed by atoms with Crippen LogP contribution in [0.5, 0.6) is 0 Å². The molecule has 0 heterocycles. The van der Waals surface area contributed by atoms with E-state index in [1.54, 1.807) is 0 Å². The number of hydrogen-bond acceptors (Lipinski definition) is 2. The molecule has 3 nitrogen and oxygen atoms in total. The highest BCUT2D eigenvalue weighted by Gasteiger charge is 2.03. The topological polar surface area (TPSA) is 50.4 Å². The Labute approximate surface area is 146 Å². The maximum Gasteiger partial charge on any atom is 0.184 e. The van der Waals surface area contributed by atoms with Crippen LogP contribution in [0.2, 0.25) is 0 Å². The second kappa shape index (κ2) is 13.1. The third-order valence-electron chi connectivity index (χ3n) is 3.93. The van der Waals surface area contributed by atoms with E-state index in [4.69, 9.17) is 18.0 Å². The fraction of sp³-hybridized carbons (Fsp3) is 0.579. The monoisotopic (exact) mass is 333 g/mol. The Morgan fingerprint density at radius 2 is 1.52 bits per heavy atom. The molecule has 1 rings (SSSR count). The van der Waals surface area contributed by atoms with E-state index in [1.807, 2.05) is 18.2 Å². The van der Waals surface area contributed by atoms with E-state index in [0.717, 1.165) is 24.1 Å². The van der Waals surface area contributed by atoms with E-state index >= 15 is 0 Å². The number of thiocarbonyl (C=S) groups is 1. The van der Waals surface area contributed by atoms with Gasteiger partial charge in [-0.15, -0.1) is 0 Å². The van der Waals surface area contributed by atoms with Gasteiger partial charge in [-0.2, -0.15) is 5.10 Å². The molecule has 0 amide bonds. The fourth-order valence-electron chi connectivity index (χ4n) is 2.62. The van der Waals surface area contributed by atoms with Crippen LogP contribution in [0.15, 0.2) is 35.4 Å². The normalized spacial score (nSPS) is 11.4. The molecule has 4 heteroatoms. The zero-order valence-corrected chi connectivity index (χ0v) is 15.2. The van der Waals surface area contributed by atoms with E-state index in [2.05, 4.69) is 29.6 Å². The van der Waals surface area contributed by atoms with Gasteiger partial charge in [0.25, 0.3) is 0 Å². The molecule has 0 radical (unpaired) electrons. The first kappa shape index (κ1) is 19.6. The minimum Gasteiger partial charge on any atom is -0.375 e. The molecule has 1 aromatic rings. The van der Waals surface area contributed by atoms with Crippen molar-refractivity contribution in [2.45, 2.75) is 71.1 Å². The van der Waals surface area contributed by atoms with E-state index in [9.17, 15) is 0 Å². The van der Waals surface area contributed by atoms with E-state index in [-0.39, 0.29) is 5.11 Å². The van der Waals surface area contributed by atoms with Gasteiger partial charge in [0.15, 0.2) is 5.11 Å². The van der Waals surface area contributed by atoms with Gasteiger partial charge in [0.05, 0.1) is 5.71 Å². The van der Waals surface area contributed by atoms with Crippen LogP contribution in [-0.4, -0.2) is 10.8 Å². The number of nitrogens with two attached hydrogens (primary N) is 1. The van der Waals surface area contributed by atoms with Crippen molar-refractivity contribution in [1.29, 1.82) is 0 Å². The Morgan fingerprint density at radius 3 is 2.09 bits per heavy atom. The summed E-state index contributed by atoms with van der Waals surface area (Å²) in [7, 11) is 0. The summed E-state index contributed by atoms with van der Waals surface area (Å²) in [5.74, 6) is 0. The Hall–Kier alpha value is -1.42. The van der Waals surface area contributed by atoms with Crippen molar-refractivity contribution in [3.8, 4) is 0 Å². The first-order valence-corrected chi connectivity index (χ1v) is 9.32. The van der Waals surface area contributed by atoms with Gasteiger partial charge >= 0.3 is 0 Å². The van der Waals surface area contributed by atoms with Crippen molar-refractivity contribution in [3.05, 3.63) is 35.9 Å². The van der Waals surface area contributed by atoms with Crippen molar-refractivity contribution in [3.63, 3.8) is 0 Å². The van der Waals surface area contributed by atoms with E-state index in [0.29, 0.717) is 0 Å². The lowest BCUT2D eigenvalue weighted by molar-refractivity contribution is 0.568. The summed E-state index contributed by atoms with van der Waals surface area (Å²) in [6.45, 7) is 2.26. The SMILES string of the molecule is CCCCCCCCCCC/C(=N/NC(N)=S)c1ccccc1. The number of rotatable bonds is 12. The minimum atomic E-state index is 0.213. The Bertz CT molecular complexity index is 457. The molecule has 0 fully saturated rings. The van der Waals surface area contributed by atoms with Crippen LogP contribution in [0.3, 0.4) is 0 Å². The van der Waals surface area contributed by atoms with Crippen molar-refractivity contribution < 1.29 is 0 Å². The molecule has 0 atom stereocenters. The van der Waals surface area contributed by atoms with E-state index < -0.39 is 0 Å². The smallest absolute Gasteiger partial charge is 0.184 e. The largest absolute Gasteiger partial charge is 0.375 e. The van der Waals surface area contributed by atoms with Crippen LogP contribution in [0.25, 0.3) is 0 Å². The zero-order chi connectivity index (χ0) is 16.8. The number of unbranched alkanes of at least 4 members (excludes halogenated alkanes) is 8. The standard InChI is InChI=1S/C19H31N3S/c1-2-3-4-5-6-7-8-9-13-16-18(21-22-19(20)23)17-14-11-10-12-15-17/h10-12,14-15H,2-9,13,16H2,1H3,(H3,20,22,23)/b21-18-. The summed E-state index contributed by atoms with van der Waals surface area (Å²) in [6.07, 6.45) is 12.9. The number of hydrazone groups is 1. The van der Waals surface area contributed by atoms with Gasteiger partial charge < -0.3 is 5.73 Å². The molecule has 3 N–H and O–H groups in total. The van der Waals surface area contributed by atoms with Gasteiger partial charge in [0, 0.05) is 0 Å². The summed E-state index contributed by atoms with van der Waals surface area (Å²) in [6, 6.07) is 10.2. The molecule has 0 aliphatic heterocycles. The van der Waals surface area contributed by atoms with Crippen LogP contribution in [0.4, 0.5) is 0 Å². The summed E-state index contributed by atoms with van der Waals surface area (Å²) >= 11 is 4.84. The predicted molar refractivity (Wildman–Crippen MR) is 105 cm³/mol. The van der Waals surface area contributed by atoms with Gasteiger partial charge in [-0.1, -0.05) is 88.6 Å². The van der Waals surface area contributed by atoms with Crippen LogP contribution in [-0.2, 0) is 0 Å². The second-order valence-electron chi connectivity index (χ2n) is 5.98. The number of nitrogens with one attached hydrogen (secondary N) is 1. The third-order valence-corrected chi connectivity index (χ3v) is 4.02. The second-order valence-corrected chi connectivity index (χ2v) is 6.42. The Kier molecular flexibility index (Phi) is 11.1. The lowest BCUT2D eigenvalue weighted by Crippen LogP contribution is -2.25. The molecular weight excluding hydrogens is 302 g/mol. The van der Waals surface area contributed by atoms with Gasteiger partial charge in [-0.3, -0.25) is 5.43 Å². The first-order valence-electron chi connectivity index (χ1n) is 8.91. The van der Waals surface area contributed by atoms with Gasteiger partial charge in [0.1, 0.15) is 0 Å². The minimum absolute atomic E-state index is 0.213. The average molecular weight is 334 g/mol. The Balaban J connectivity index is 2.27. The molecule has 23 heavy (non-hydrogen) atoms. The number of hydrogen-bond donors (Lipinski definition) is 2. The summed E-state index contributed by atoms with van der Waals surface area (Å²) in [5.41, 5.74) is 10.4. The zero-order valence-electron chi connectivity index (χ0n) is 14.4. The Morgan fingerprint density at radius 1 is 0.957 bits per heavy atom. The fourth-order valence-corrected chi connectivity index (χ4v) is 2.67. The van der Waals surface area contributed by atoms with Crippen molar-refractivity contribution in [2.24, 2.45) is 10.8 Å². The molecular formula is C19H31N3S. The number of benzene rings is 1. The maximum atomic E-state index is 5.48. The number of nitrogens with zero attached hydrogens (tertiary/aromatic N) is 1. The lowest BCUT2D eigenvalue weighted by atomic mass is 10.0. The highest BCUT2D eigenvalue weighted by atomic mass is 32.1. The van der Waals surface area contributed by atoms with Crippen LogP contribution in [0.1, 0.15) is 76.7 Å². The van der Waals surface area contributed by atoms with Gasteiger partial charge in [-0.05, 0) is 30.6 Å². The molecule has 0 aromatic heterocycles. The molecule has 0 aliphatic carbocycles. The average Bonchev–Trinajstić information content (AvgIpc) is 2.56. The van der Waals surface area contributed by atoms with E-state index in [1.165, 1.54) is 51.4 Å².